The van der Waals surface area contributed by atoms with E-state index in [1.54, 1.807) is 0 Å². The topological polar surface area (TPSA) is 34.4 Å². The number of ether oxygens (including phenoxy) is 1. The number of aliphatic hydroxyl groups is 1. The summed E-state index contributed by atoms with van der Waals surface area (Å²) in [4.78, 5) is 0. The summed E-state index contributed by atoms with van der Waals surface area (Å²) in [6, 6.07) is 10.2. The fraction of sp³-hybridized carbons (Fsp3) is 0.444. The van der Waals surface area contributed by atoms with Crippen LogP contribution in [0.25, 0.3) is 5.69 Å². The second-order valence-corrected chi connectivity index (χ2v) is 5.83. The van der Waals surface area contributed by atoms with Crippen LogP contribution < -0.4 is 4.74 Å². The number of nitrogens with zero attached hydrogens (tertiary/aromatic N) is 1. The van der Waals surface area contributed by atoms with Gasteiger partial charge in [0.1, 0.15) is 5.75 Å². The van der Waals surface area contributed by atoms with Gasteiger partial charge >= 0.3 is 0 Å². The lowest BCUT2D eigenvalue weighted by Crippen LogP contribution is -2.12. The molecular formula is C18H23NO2. The average Bonchev–Trinajstić information content (AvgIpc) is 2.93. The second-order valence-electron chi connectivity index (χ2n) is 5.83. The van der Waals surface area contributed by atoms with Crippen LogP contribution in [0.2, 0.25) is 0 Å². The van der Waals surface area contributed by atoms with Crippen molar-refractivity contribution in [2.45, 2.75) is 51.7 Å². The Morgan fingerprint density at radius 3 is 3.05 bits per heavy atom. The van der Waals surface area contributed by atoms with E-state index in [2.05, 4.69) is 36.7 Å². The monoisotopic (exact) mass is 285 g/mol. The first kappa shape index (κ1) is 14.2. The highest BCUT2D eigenvalue weighted by molar-refractivity contribution is 5.44. The molecule has 0 spiro atoms. The molecule has 1 aliphatic carbocycles. The second kappa shape index (κ2) is 5.94. The van der Waals surface area contributed by atoms with Crippen LogP contribution >= 0.6 is 0 Å². The Morgan fingerprint density at radius 1 is 1.38 bits per heavy atom. The first-order valence-electron chi connectivity index (χ1n) is 7.84. The molecule has 0 fully saturated rings. The smallest absolute Gasteiger partial charge is 0.121 e. The quantitative estimate of drug-likeness (QED) is 0.920. The molecule has 1 aromatic heterocycles. The van der Waals surface area contributed by atoms with E-state index in [-0.39, 0.29) is 12.2 Å². The number of hydrogen-bond donors (Lipinski definition) is 1. The molecule has 3 nitrogen and oxygen atoms in total. The highest BCUT2D eigenvalue weighted by Gasteiger charge is 2.21. The van der Waals surface area contributed by atoms with Gasteiger partial charge in [0.2, 0.25) is 0 Å². The van der Waals surface area contributed by atoms with Gasteiger partial charge in [0, 0.05) is 29.2 Å². The summed E-state index contributed by atoms with van der Waals surface area (Å²) in [5.74, 6) is 0.903. The Labute approximate surface area is 126 Å². The van der Waals surface area contributed by atoms with Gasteiger partial charge in [0.15, 0.2) is 0 Å². The minimum absolute atomic E-state index is 0.223. The van der Waals surface area contributed by atoms with E-state index in [1.165, 1.54) is 5.69 Å². The van der Waals surface area contributed by atoms with Crippen molar-refractivity contribution in [3.05, 3.63) is 47.8 Å². The first-order valence-corrected chi connectivity index (χ1v) is 7.84. The molecule has 112 valence electrons. The maximum atomic E-state index is 10.1. The summed E-state index contributed by atoms with van der Waals surface area (Å²) < 4.78 is 8.09. The van der Waals surface area contributed by atoms with Gasteiger partial charge < -0.3 is 14.4 Å². The molecule has 2 unspecified atom stereocenters. The number of aromatic nitrogens is 1. The lowest BCUT2D eigenvalue weighted by atomic mass is 9.95. The summed E-state index contributed by atoms with van der Waals surface area (Å²) in [6.45, 7) is 4.21. The third-order valence-corrected chi connectivity index (χ3v) is 4.29. The molecule has 0 bridgehead atoms. The number of fused-ring (bicyclic) bond motifs is 1. The summed E-state index contributed by atoms with van der Waals surface area (Å²) >= 11 is 0. The number of rotatable bonds is 4. The molecule has 1 aliphatic rings. The maximum Gasteiger partial charge on any atom is 0.121 e. The molecule has 3 heteroatoms. The molecule has 0 saturated heterocycles. The number of benzene rings is 1. The van der Waals surface area contributed by atoms with Crippen LogP contribution in [0, 0.1) is 0 Å². The molecule has 0 aliphatic heterocycles. The fourth-order valence-electron chi connectivity index (χ4n) is 2.93. The lowest BCUT2D eigenvalue weighted by Gasteiger charge is -2.20. The zero-order valence-electron chi connectivity index (χ0n) is 12.7. The summed E-state index contributed by atoms with van der Waals surface area (Å²) in [5.41, 5.74) is 3.41. The molecule has 0 saturated carbocycles. The van der Waals surface area contributed by atoms with Gasteiger partial charge in [-0.2, -0.15) is 0 Å². The number of aliphatic hydroxyl groups excluding tert-OH is 1. The Kier molecular flexibility index (Phi) is 4.02. The van der Waals surface area contributed by atoms with Crippen LogP contribution in [0.15, 0.2) is 36.5 Å². The highest BCUT2D eigenvalue weighted by Crippen LogP contribution is 2.32. The summed E-state index contributed by atoms with van der Waals surface area (Å²) in [6.07, 6.45) is 5.90. The van der Waals surface area contributed by atoms with Gasteiger partial charge in [-0.05, 0) is 50.8 Å². The van der Waals surface area contributed by atoms with Gasteiger partial charge in [-0.15, -0.1) is 0 Å². The molecule has 1 heterocycles. The molecule has 21 heavy (non-hydrogen) atoms. The van der Waals surface area contributed by atoms with Gasteiger partial charge in [0.05, 0.1) is 12.2 Å². The minimum atomic E-state index is -0.311. The molecule has 2 aromatic rings. The Morgan fingerprint density at radius 2 is 2.24 bits per heavy atom. The largest absolute Gasteiger partial charge is 0.491 e. The molecule has 0 radical (unpaired) electrons. The van der Waals surface area contributed by atoms with Crippen LogP contribution in [0.4, 0.5) is 0 Å². The summed E-state index contributed by atoms with van der Waals surface area (Å²) in [5, 5.41) is 10.1. The predicted octanol–water partition coefficient (Wildman–Crippen LogP) is 4.02. The predicted molar refractivity (Wildman–Crippen MR) is 84.0 cm³/mol. The van der Waals surface area contributed by atoms with Gasteiger partial charge in [-0.25, -0.2) is 0 Å². The number of hydrogen-bond acceptors (Lipinski definition) is 2. The molecule has 0 amide bonds. The normalized spacial score (nSPS) is 19.1. The molecule has 3 rings (SSSR count). The maximum absolute atomic E-state index is 10.1. The van der Waals surface area contributed by atoms with Crippen molar-refractivity contribution in [3.8, 4) is 11.4 Å². The van der Waals surface area contributed by atoms with Crippen molar-refractivity contribution in [3.63, 3.8) is 0 Å². The minimum Gasteiger partial charge on any atom is -0.491 e. The van der Waals surface area contributed by atoms with E-state index in [0.717, 1.165) is 42.7 Å². The van der Waals surface area contributed by atoms with Gasteiger partial charge in [0.25, 0.3) is 0 Å². The Hall–Kier alpha value is -1.74. The van der Waals surface area contributed by atoms with E-state index < -0.39 is 0 Å². The van der Waals surface area contributed by atoms with E-state index >= 15 is 0 Å². The average molecular weight is 285 g/mol. The van der Waals surface area contributed by atoms with E-state index in [1.807, 2.05) is 18.2 Å². The van der Waals surface area contributed by atoms with E-state index in [4.69, 9.17) is 4.74 Å². The lowest BCUT2D eigenvalue weighted by molar-refractivity contribution is 0.156. The fourth-order valence-corrected chi connectivity index (χ4v) is 2.93. The molecule has 1 aromatic carbocycles. The van der Waals surface area contributed by atoms with Crippen molar-refractivity contribution in [2.75, 3.05) is 0 Å². The van der Waals surface area contributed by atoms with Gasteiger partial charge in [-0.1, -0.05) is 13.0 Å². The Bertz CT molecular complexity index is 617. The molecular weight excluding hydrogens is 262 g/mol. The van der Waals surface area contributed by atoms with Crippen LogP contribution in [0.5, 0.6) is 5.75 Å². The zero-order valence-corrected chi connectivity index (χ0v) is 12.7. The van der Waals surface area contributed by atoms with Crippen molar-refractivity contribution < 1.29 is 9.84 Å². The standard InChI is InChI=1S/C18H23NO2/c1-3-13(2)21-15-7-4-6-14(12-15)19-11-10-16-17(19)8-5-9-18(16)20/h4,6-7,10-13,18,20H,3,5,8-9H2,1-2H3. The molecule has 1 N–H and O–H groups in total. The Balaban J connectivity index is 1.92. The van der Waals surface area contributed by atoms with Crippen LogP contribution in [0.3, 0.4) is 0 Å². The first-order chi connectivity index (χ1) is 10.2. The zero-order chi connectivity index (χ0) is 14.8. The third-order valence-electron chi connectivity index (χ3n) is 4.29. The van der Waals surface area contributed by atoms with Crippen molar-refractivity contribution in [1.29, 1.82) is 0 Å². The van der Waals surface area contributed by atoms with Crippen LogP contribution in [0.1, 0.15) is 50.5 Å². The highest BCUT2D eigenvalue weighted by atomic mass is 16.5. The van der Waals surface area contributed by atoms with E-state index in [9.17, 15) is 5.11 Å². The van der Waals surface area contributed by atoms with Crippen LogP contribution in [-0.2, 0) is 6.42 Å². The third kappa shape index (κ3) is 2.84. The van der Waals surface area contributed by atoms with Crippen molar-refractivity contribution in [2.24, 2.45) is 0 Å². The van der Waals surface area contributed by atoms with Gasteiger partial charge in [-0.3, -0.25) is 0 Å². The van der Waals surface area contributed by atoms with Crippen molar-refractivity contribution in [1.82, 2.24) is 4.57 Å². The summed E-state index contributed by atoms with van der Waals surface area (Å²) in [7, 11) is 0. The van der Waals surface area contributed by atoms with Crippen molar-refractivity contribution >= 4 is 0 Å². The van der Waals surface area contributed by atoms with E-state index in [0.29, 0.717) is 0 Å². The molecule has 2 atom stereocenters. The van der Waals surface area contributed by atoms with Crippen LogP contribution in [-0.4, -0.2) is 15.8 Å². The SMILES string of the molecule is CCC(C)Oc1cccc(-n2ccc3c2CCCC3O)c1.